The van der Waals surface area contributed by atoms with E-state index in [0.29, 0.717) is 10.7 Å². The predicted molar refractivity (Wildman–Crippen MR) is 77.2 cm³/mol. The number of carbonyl (C=O) groups excluding carboxylic acids is 2. The number of alkyl halides is 1. The third-order valence-corrected chi connectivity index (χ3v) is 4.63. The zero-order valence-electron chi connectivity index (χ0n) is 10.2. The summed E-state index contributed by atoms with van der Waals surface area (Å²) < 4.78 is 0. The minimum Gasteiger partial charge on any atom is -0.307 e. The van der Waals surface area contributed by atoms with Crippen molar-refractivity contribution in [1.29, 1.82) is 0 Å². The molecule has 0 spiro atoms. The van der Waals surface area contributed by atoms with Gasteiger partial charge in [-0.2, -0.15) is 0 Å². The first kappa shape index (κ1) is 14.1. The van der Waals surface area contributed by atoms with Crippen molar-refractivity contribution in [3.8, 4) is 0 Å². The molecule has 1 aromatic rings. The number of halogens is 2. The van der Waals surface area contributed by atoms with Crippen LogP contribution in [0.25, 0.3) is 0 Å². The van der Waals surface area contributed by atoms with E-state index in [1.165, 1.54) is 0 Å². The smallest absolute Gasteiger partial charge is 0.307 e. The molecule has 0 heterocycles. The summed E-state index contributed by atoms with van der Waals surface area (Å²) in [6, 6.07) is 6.15. The molecule has 0 radical (unpaired) electrons. The third-order valence-electron chi connectivity index (χ3n) is 3.04. The van der Waals surface area contributed by atoms with Crippen molar-refractivity contribution in [3.63, 3.8) is 0 Å². The largest absolute Gasteiger partial charge is 0.337 e. The second-order valence-corrected chi connectivity index (χ2v) is 6.17. The molecule has 0 aliphatic heterocycles. The Morgan fingerprint density at radius 3 is 2.42 bits per heavy atom. The van der Waals surface area contributed by atoms with Gasteiger partial charge in [0, 0.05) is 15.5 Å². The number of carbonyl (C=O) groups is 2. The molecule has 2 rings (SSSR count). The molecule has 5 nitrogen and oxygen atoms in total. The van der Waals surface area contributed by atoms with E-state index in [1.807, 2.05) is 6.92 Å². The Bertz CT molecular complexity index is 508. The van der Waals surface area contributed by atoms with E-state index >= 15 is 0 Å². The summed E-state index contributed by atoms with van der Waals surface area (Å²) in [6.07, 6.45) is 0.763. The molecule has 0 aromatic heterocycles. The number of amides is 3. The predicted octanol–water partition coefficient (Wildman–Crippen LogP) is 2.67. The number of urea groups is 1. The van der Waals surface area contributed by atoms with Crippen molar-refractivity contribution < 1.29 is 9.59 Å². The SMILES string of the molecule is C[C@@]1(C(=O)NNC(=O)Nc2ccc(Cl)cc2)C[C@H]1Br. The van der Waals surface area contributed by atoms with Gasteiger partial charge in [-0.1, -0.05) is 27.5 Å². The lowest BCUT2D eigenvalue weighted by molar-refractivity contribution is -0.126. The van der Waals surface area contributed by atoms with Gasteiger partial charge in [-0.15, -0.1) is 0 Å². The highest BCUT2D eigenvalue weighted by Gasteiger charge is 2.54. The minimum absolute atomic E-state index is 0.168. The van der Waals surface area contributed by atoms with Crippen LogP contribution >= 0.6 is 27.5 Å². The summed E-state index contributed by atoms with van der Waals surface area (Å²) in [7, 11) is 0. The summed E-state index contributed by atoms with van der Waals surface area (Å²) in [4.78, 5) is 23.5. The standard InChI is InChI=1S/C12H13BrClN3O2/c1-12(6-9(12)13)10(18)16-17-11(19)15-8-4-2-7(14)3-5-8/h2-5,9H,6H2,1H3,(H,16,18)(H2,15,17,19)/t9-,12-/m1/s1. The minimum atomic E-state index is -0.508. The quantitative estimate of drug-likeness (QED) is 0.569. The van der Waals surface area contributed by atoms with Gasteiger partial charge >= 0.3 is 6.03 Å². The van der Waals surface area contributed by atoms with Gasteiger partial charge in [0.1, 0.15) is 0 Å². The van der Waals surface area contributed by atoms with Crippen LogP contribution in [-0.2, 0) is 4.79 Å². The maximum Gasteiger partial charge on any atom is 0.337 e. The molecule has 0 bridgehead atoms. The molecule has 3 N–H and O–H groups in total. The van der Waals surface area contributed by atoms with Crippen LogP contribution in [0.1, 0.15) is 13.3 Å². The molecule has 102 valence electrons. The zero-order chi connectivity index (χ0) is 14.0. The number of rotatable bonds is 2. The first-order valence-electron chi connectivity index (χ1n) is 5.69. The van der Waals surface area contributed by atoms with E-state index in [0.717, 1.165) is 6.42 Å². The van der Waals surface area contributed by atoms with Gasteiger partial charge < -0.3 is 5.32 Å². The molecular weight excluding hydrogens is 334 g/mol. The molecular formula is C12H13BrClN3O2. The second-order valence-electron chi connectivity index (χ2n) is 4.63. The van der Waals surface area contributed by atoms with Crippen molar-refractivity contribution in [2.24, 2.45) is 5.41 Å². The lowest BCUT2D eigenvalue weighted by Gasteiger charge is -2.12. The summed E-state index contributed by atoms with van der Waals surface area (Å²) in [5, 5.41) is 3.16. The van der Waals surface area contributed by atoms with E-state index in [9.17, 15) is 9.59 Å². The fourth-order valence-corrected chi connectivity index (χ4v) is 2.51. The average Bonchev–Trinajstić information content (AvgIpc) is 2.99. The van der Waals surface area contributed by atoms with Gasteiger partial charge in [-0.3, -0.25) is 10.2 Å². The highest BCUT2D eigenvalue weighted by molar-refractivity contribution is 9.09. The first-order chi connectivity index (χ1) is 8.91. The second kappa shape index (κ2) is 5.38. The number of anilines is 1. The van der Waals surface area contributed by atoms with Gasteiger partial charge in [0.15, 0.2) is 0 Å². The van der Waals surface area contributed by atoms with Crippen molar-refractivity contribution in [1.82, 2.24) is 10.9 Å². The molecule has 1 aliphatic rings. The van der Waals surface area contributed by atoms with Crippen LogP contribution in [-0.4, -0.2) is 16.8 Å². The number of hydrazine groups is 1. The van der Waals surface area contributed by atoms with E-state index < -0.39 is 11.4 Å². The molecule has 1 saturated carbocycles. The van der Waals surface area contributed by atoms with Gasteiger partial charge in [-0.25, -0.2) is 10.2 Å². The number of hydrogen-bond acceptors (Lipinski definition) is 2. The fraction of sp³-hybridized carbons (Fsp3) is 0.333. The van der Waals surface area contributed by atoms with Gasteiger partial charge in [0.05, 0.1) is 5.41 Å². The molecule has 0 saturated heterocycles. The van der Waals surface area contributed by atoms with Crippen LogP contribution in [0.5, 0.6) is 0 Å². The number of hydrogen-bond donors (Lipinski definition) is 3. The summed E-state index contributed by atoms with van der Waals surface area (Å²) in [5.41, 5.74) is 4.85. The summed E-state index contributed by atoms with van der Waals surface area (Å²) in [5.74, 6) is -0.208. The average molecular weight is 347 g/mol. The molecule has 19 heavy (non-hydrogen) atoms. The molecule has 1 aromatic carbocycles. The zero-order valence-corrected chi connectivity index (χ0v) is 12.5. The first-order valence-corrected chi connectivity index (χ1v) is 6.98. The normalized spacial score (nSPS) is 24.5. The van der Waals surface area contributed by atoms with Crippen molar-refractivity contribution in [2.45, 2.75) is 18.2 Å². The van der Waals surface area contributed by atoms with Crippen LogP contribution in [0.15, 0.2) is 24.3 Å². The maximum absolute atomic E-state index is 11.7. The molecule has 7 heteroatoms. The van der Waals surface area contributed by atoms with Crippen LogP contribution < -0.4 is 16.2 Å². The highest BCUT2D eigenvalue weighted by Crippen LogP contribution is 2.51. The molecule has 3 amide bonds. The Balaban J connectivity index is 1.79. The van der Waals surface area contributed by atoms with Gasteiger partial charge in [0.25, 0.3) is 0 Å². The molecule has 0 unspecified atom stereocenters. The Hall–Kier alpha value is -1.27. The summed E-state index contributed by atoms with van der Waals surface area (Å²) in [6.45, 7) is 1.83. The Morgan fingerprint density at radius 2 is 1.89 bits per heavy atom. The maximum atomic E-state index is 11.7. The molecule has 2 atom stereocenters. The van der Waals surface area contributed by atoms with Crippen molar-refractivity contribution in [2.75, 3.05) is 5.32 Å². The molecule has 1 aliphatic carbocycles. The van der Waals surface area contributed by atoms with Crippen LogP contribution in [0.3, 0.4) is 0 Å². The number of nitrogens with one attached hydrogen (secondary N) is 3. The highest BCUT2D eigenvalue weighted by atomic mass is 79.9. The summed E-state index contributed by atoms with van der Waals surface area (Å²) >= 11 is 9.10. The Labute approximate surface area is 124 Å². The van der Waals surface area contributed by atoms with Crippen LogP contribution in [0.4, 0.5) is 10.5 Å². The Morgan fingerprint density at radius 1 is 1.32 bits per heavy atom. The van der Waals surface area contributed by atoms with Gasteiger partial charge in [0.2, 0.25) is 5.91 Å². The molecule has 1 fully saturated rings. The lowest BCUT2D eigenvalue weighted by Crippen LogP contribution is -2.46. The topological polar surface area (TPSA) is 70.2 Å². The van der Waals surface area contributed by atoms with E-state index in [1.54, 1.807) is 24.3 Å². The van der Waals surface area contributed by atoms with E-state index in [4.69, 9.17) is 11.6 Å². The fourth-order valence-electron chi connectivity index (χ4n) is 1.50. The van der Waals surface area contributed by atoms with Crippen molar-refractivity contribution in [3.05, 3.63) is 29.3 Å². The van der Waals surface area contributed by atoms with Crippen LogP contribution in [0.2, 0.25) is 5.02 Å². The van der Waals surface area contributed by atoms with Crippen LogP contribution in [0, 0.1) is 5.41 Å². The van der Waals surface area contributed by atoms with Crippen molar-refractivity contribution >= 4 is 45.2 Å². The Kier molecular flexibility index (Phi) is 4.01. The van der Waals surface area contributed by atoms with E-state index in [-0.39, 0.29) is 10.7 Å². The monoisotopic (exact) mass is 345 g/mol. The number of benzene rings is 1. The van der Waals surface area contributed by atoms with E-state index in [2.05, 4.69) is 32.1 Å². The lowest BCUT2D eigenvalue weighted by atomic mass is 10.1. The third kappa shape index (κ3) is 3.39. The van der Waals surface area contributed by atoms with Gasteiger partial charge in [-0.05, 0) is 37.6 Å².